The van der Waals surface area contributed by atoms with Crippen LogP contribution in [0.3, 0.4) is 0 Å². The van der Waals surface area contributed by atoms with Gasteiger partial charge in [0, 0.05) is 17.9 Å². The predicted octanol–water partition coefficient (Wildman–Crippen LogP) is 3.04. The second-order valence-electron chi connectivity index (χ2n) is 5.53. The molecule has 1 aromatic carbocycles. The Morgan fingerprint density at radius 1 is 1.20 bits per heavy atom. The third-order valence-corrected chi connectivity index (χ3v) is 3.44. The van der Waals surface area contributed by atoms with Gasteiger partial charge in [-0.15, -0.1) is 0 Å². The summed E-state index contributed by atoms with van der Waals surface area (Å²) in [5.74, 6) is -0.399. The molecular formula is C18H22N4O3. The highest BCUT2D eigenvalue weighted by molar-refractivity contribution is 6.03. The molecule has 25 heavy (non-hydrogen) atoms. The second kappa shape index (κ2) is 8.77. The number of esters is 1. The summed E-state index contributed by atoms with van der Waals surface area (Å²) in [6.07, 6.45) is 2.06. The fourth-order valence-corrected chi connectivity index (χ4v) is 2.18. The zero-order chi connectivity index (χ0) is 18.2. The molecule has 0 bridgehead atoms. The highest BCUT2D eigenvalue weighted by atomic mass is 16.5. The van der Waals surface area contributed by atoms with E-state index in [9.17, 15) is 9.59 Å². The van der Waals surface area contributed by atoms with E-state index in [1.165, 1.54) is 7.11 Å². The number of hydrogen-bond donors (Lipinski definition) is 2. The lowest BCUT2D eigenvalue weighted by Gasteiger charge is -2.09. The van der Waals surface area contributed by atoms with Crippen molar-refractivity contribution >= 4 is 23.5 Å². The minimum absolute atomic E-state index is 0.259. The van der Waals surface area contributed by atoms with Crippen LogP contribution in [0.25, 0.3) is 0 Å². The van der Waals surface area contributed by atoms with Crippen LogP contribution < -0.4 is 10.6 Å². The number of carbonyl (C=O) groups is 2. The van der Waals surface area contributed by atoms with Gasteiger partial charge in [0.2, 0.25) is 5.95 Å². The first kappa shape index (κ1) is 18.4. The molecule has 0 unspecified atom stereocenters. The van der Waals surface area contributed by atoms with Crippen LogP contribution in [0.15, 0.2) is 30.3 Å². The van der Waals surface area contributed by atoms with Crippen LogP contribution >= 0.6 is 0 Å². The number of nitrogens with one attached hydrogen (secondary N) is 2. The number of nitrogens with zero attached hydrogens (tertiary/aromatic N) is 2. The molecule has 0 aliphatic heterocycles. The van der Waals surface area contributed by atoms with Crippen LogP contribution in [0.2, 0.25) is 0 Å². The number of benzene rings is 1. The number of methoxy groups -OCH3 is 1. The number of rotatable bonds is 7. The Balaban J connectivity index is 2.14. The van der Waals surface area contributed by atoms with E-state index < -0.39 is 5.97 Å². The maximum absolute atomic E-state index is 12.5. The molecule has 0 aliphatic rings. The van der Waals surface area contributed by atoms with Crippen LogP contribution in [-0.4, -0.2) is 35.5 Å². The van der Waals surface area contributed by atoms with Crippen molar-refractivity contribution in [1.82, 2.24) is 9.97 Å². The van der Waals surface area contributed by atoms with Crippen LogP contribution in [0.5, 0.6) is 0 Å². The van der Waals surface area contributed by atoms with Crippen LogP contribution in [-0.2, 0) is 4.74 Å². The lowest BCUT2D eigenvalue weighted by Crippen LogP contribution is -2.16. The Morgan fingerprint density at radius 3 is 2.72 bits per heavy atom. The van der Waals surface area contributed by atoms with Crippen LogP contribution in [0, 0.1) is 6.92 Å². The first-order valence-corrected chi connectivity index (χ1v) is 8.12. The highest BCUT2D eigenvalue weighted by Gasteiger charge is 2.12. The van der Waals surface area contributed by atoms with E-state index in [-0.39, 0.29) is 11.6 Å². The van der Waals surface area contributed by atoms with Gasteiger partial charge in [0.1, 0.15) is 5.69 Å². The number of aryl methyl sites for hydroxylation is 1. The second-order valence-corrected chi connectivity index (χ2v) is 5.53. The number of ether oxygens (including phenoxy) is 1. The first-order chi connectivity index (χ1) is 12.0. The van der Waals surface area contributed by atoms with Gasteiger partial charge in [0.05, 0.1) is 12.7 Å². The van der Waals surface area contributed by atoms with Crippen molar-refractivity contribution in [2.45, 2.75) is 26.7 Å². The Bertz CT molecular complexity index is 762. The zero-order valence-corrected chi connectivity index (χ0v) is 14.6. The average molecular weight is 342 g/mol. The van der Waals surface area contributed by atoms with Gasteiger partial charge >= 0.3 is 5.97 Å². The quantitative estimate of drug-likeness (QED) is 0.593. The summed E-state index contributed by atoms with van der Waals surface area (Å²) < 4.78 is 4.68. The summed E-state index contributed by atoms with van der Waals surface area (Å²) in [7, 11) is 1.31. The Hall–Kier alpha value is -2.96. The van der Waals surface area contributed by atoms with E-state index in [1.807, 2.05) is 0 Å². The van der Waals surface area contributed by atoms with E-state index in [1.54, 1.807) is 37.3 Å². The third kappa shape index (κ3) is 5.27. The SMILES string of the molecule is CCCCNc1nc(C)cc(C(=O)Nc2cccc(C(=O)OC)c2)n1. The normalized spacial score (nSPS) is 10.2. The average Bonchev–Trinajstić information content (AvgIpc) is 2.61. The molecule has 0 atom stereocenters. The van der Waals surface area contributed by atoms with Gasteiger partial charge in [-0.05, 0) is 37.6 Å². The molecule has 1 heterocycles. The molecule has 2 aromatic rings. The minimum atomic E-state index is -0.462. The molecule has 2 N–H and O–H groups in total. The Kier molecular flexibility index (Phi) is 6.45. The lowest BCUT2D eigenvalue weighted by atomic mass is 10.2. The van der Waals surface area contributed by atoms with Crippen molar-refractivity contribution in [3.63, 3.8) is 0 Å². The van der Waals surface area contributed by atoms with Crippen LogP contribution in [0.4, 0.5) is 11.6 Å². The Morgan fingerprint density at radius 2 is 2.00 bits per heavy atom. The predicted molar refractivity (Wildman–Crippen MR) is 95.9 cm³/mol. The van der Waals surface area contributed by atoms with E-state index in [0.717, 1.165) is 19.4 Å². The van der Waals surface area contributed by atoms with E-state index >= 15 is 0 Å². The minimum Gasteiger partial charge on any atom is -0.465 e. The first-order valence-electron chi connectivity index (χ1n) is 8.12. The maximum Gasteiger partial charge on any atom is 0.337 e. The number of unbranched alkanes of at least 4 members (excludes halogenated alkanes) is 1. The molecule has 0 aliphatic carbocycles. The number of aromatic nitrogens is 2. The number of hydrogen-bond acceptors (Lipinski definition) is 6. The molecule has 7 nitrogen and oxygen atoms in total. The topological polar surface area (TPSA) is 93.2 Å². The lowest BCUT2D eigenvalue weighted by molar-refractivity contribution is 0.0600. The number of amides is 1. The standard InChI is InChI=1S/C18H22N4O3/c1-4-5-9-19-18-20-12(2)10-15(22-18)16(23)21-14-8-6-7-13(11-14)17(24)25-3/h6-8,10-11H,4-5,9H2,1-3H3,(H,21,23)(H,19,20,22). The molecule has 7 heteroatoms. The third-order valence-electron chi connectivity index (χ3n) is 3.44. The summed E-state index contributed by atoms with van der Waals surface area (Å²) in [4.78, 5) is 32.6. The van der Waals surface area contributed by atoms with Crippen molar-refractivity contribution in [2.24, 2.45) is 0 Å². The van der Waals surface area contributed by atoms with Crippen molar-refractivity contribution in [2.75, 3.05) is 24.3 Å². The fourth-order valence-electron chi connectivity index (χ4n) is 2.18. The molecule has 1 amide bonds. The maximum atomic E-state index is 12.5. The van der Waals surface area contributed by atoms with Gasteiger partial charge in [0.15, 0.2) is 0 Å². The molecular weight excluding hydrogens is 320 g/mol. The highest BCUT2D eigenvalue weighted by Crippen LogP contribution is 2.14. The monoisotopic (exact) mass is 342 g/mol. The van der Waals surface area contributed by atoms with E-state index in [4.69, 9.17) is 0 Å². The molecule has 0 fully saturated rings. The Labute approximate surface area is 146 Å². The fraction of sp³-hybridized carbons (Fsp3) is 0.333. The number of anilines is 2. The van der Waals surface area contributed by atoms with Gasteiger partial charge < -0.3 is 15.4 Å². The summed E-state index contributed by atoms with van der Waals surface area (Å²) in [5, 5.41) is 5.85. The summed E-state index contributed by atoms with van der Waals surface area (Å²) in [5.41, 5.74) is 1.81. The van der Waals surface area contributed by atoms with Crippen molar-refractivity contribution in [1.29, 1.82) is 0 Å². The molecule has 1 aromatic heterocycles. The molecule has 0 saturated heterocycles. The van der Waals surface area contributed by atoms with E-state index in [0.29, 0.717) is 22.9 Å². The number of carbonyl (C=O) groups excluding carboxylic acids is 2. The molecule has 132 valence electrons. The van der Waals surface area contributed by atoms with Gasteiger partial charge in [-0.3, -0.25) is 4.79 Å². The molecule has 0 radical (unpaired) electrons. The summed E-state index contributed by atoms with van der Waals surface area (Å²) in [6.45, 7) is 4.66. The van der Waals surface area contributed by atoms with Gasteiger partial charge in [-0.25, -0.2) is 14.8 Å². The van der Waals surface area contributed by atoms with Gasteiger partial charge in [-0.1, -0.05) is 19.4 Å². The molecule has 0 saturated carbocycles. The summed E-state index contributed by atoms with van der Waals surface area (Å²) in [6, 6.07) is 8.15. The molecule has 0 spiro atoms. The van der Waals surface area contributed by atoms with E-state index in [2.05, 4.69) is 32.3 Å². The largest absolute Gasteiger partial charge is 0.465 e. The van der Waals surface area contributed by atoms with Crippen molar-refractivity contribution in [3.05, 3.63) is 47.3 Å². The van der Waals surface area contributed by atoms with Gasteiger partial charge in [0.25, 0.3) is 5.91 Å². The smallest absolute Gasteiger partial charge is 0.337 e. The molecule has 2 rings (SSSR count). The zero-order valence-electron chi connectivity index (χ0n) is 14.6. The van der Waals surface area contributed by atoms with Gasteiger partial charge in [-0.2, -0.15) is 0 Å². The summed E-state index contributed by atoms with van der Waals surface area (Å²) >= 11 is 0. The van der Waals surface area contributed by atoms with Crippen molar-refractivity contribution in [3.8, 4) is 0 Å². The van der Waals surface area contributed by atoms with Crippen LogP contribution in [0.1, 0.15) is 46.3 Å². The van der Waals surface area contributed by atoms with Crippen molar-refractivity contribution < 1.29 is 14.3 Å².